The summed E-state index contributed by atoms with van der Waals surface area (Å²) in [7, 11) is 1.30. The molecule has 2 heterocycles. The zero-order chi connectivity index (χ0) is 24.8. The van der Waals surface area contributed by atoms with Crippen molar-refractivity contribution in [3.05, 3.63) is 34.7 Å². The predicted molar refractivity (Wildman–Crippen MR) is 109 cm³/mol. The van der Waals surface area contributed by atoms with Crippen molar-refractivity contribution in [2.45, 2.75) is 25.9 Å². The molecular formula is C18H19F5N4O5S. The monoisotopic (exact) mass is 498 g/mol. The van der Waals surface area contributed by atoms with Gasteiger partial charge in [0.15, 0.2) is 18.2 Å². The second kappa shape index (κ2) is 10.7. The Morgan fingerprint density at radius 1 is 1.24 bits per heavy atom. The summed E-state index contributed by atoms with van der Waals surface area (Å²) in [6.45, 7) is 1.65. The van der Waals surface area contributed by atoms with Gasteiger partial charge in [-0.25, -0.2) is 13.8 Å². The zero-order valence-electron chi connectivity index (χ0n) is 17.5. The van der Waals surface area contributed by atoms with Crippen LogP contribution in [0.25, 0.3) is 11.3 Å². The van der Waals surface area contributed by atoms with Gasteiger partial charge in [-0.2, -0.15) is 13.2 Å². The predicted octanol–water partition coefficient (Wildman–Crippen LogP) is 3.47. The number of hydrazine groups is 1. The third-order valence-corrected chi connectivity index (χ3v) is 4.29. The molecule has 0 spiro atoms. The van der Waals surface area contributed by atoms with Crippen LogP contribution < -0.4 is 25.3 Å². The van der Waals surface area contributed by atoms with E-state index in [0.29, 0.717) is 19.2 Å². The van der Waals surface area contributed by atoms with Crippen LogP contribution >= 0.6 is 12.3 Å². The molecule has 0 aliphatic carbocycles. The number of rotatable bonds is 10. The summed E-state index contributed by atoms with van der Waals surface area (Å²) in [6, 6.07) is 3.72. The number of hydrogen-bond acceptors (Lipinski definition) is 8. The number of ether oxygens (including phenoxy) is 1. The minimum absolute atomic E-state index is 0.0221. The average Bonchev–Trinajstić information content (AvgIpc) is 2.72. The molecule has 0 radical (unpaired) electrons. The van der Waals surface area contributed by atoms with Crippen molar-refractivity contribution in [2.24, 2.45) is 7.05 Å². The van der Waals surface area contributed by atoms with Crippen molar-refractivity contribution < 1.29 is 39.8 Å². The van der Waals surface area contributed by atoms with Crippen LogP contribution in [0.5, 0.6) is 11.6 Å². The largest absolute Gasteiger partial charge is 0.472 e. The van der Waals surface area contributed by atoms with Crippen molar-refractivity contribution in [2.75, 3.05) is 18.6 Å². The van der Waals surface area contributed by atoms with E-state index in [2.05, 4.69) is 4.98 Å². The molecule has 1 amide bonds. The number of carbonyl (C=O) groups excluding carboxylic acids is 1. The van der Waals surface area contributed by atoms with Crippen LogP contribution in [0.4, 0.5) is 27.6 Å². The highest BCUT2D eigenvalue weighted by Crippen LogP contribution is 2.32. The van der Waals surface area contributed by atoms with E-state index in [1.807, 2.05) is 5.43 Å². The van der Waals surface area contributed by atoms with Gasteiger partial charge in [-0.05, 0) is 19.1 Å². The van der Waals surface area contributed by atoms with Crippen molar-refractivity contribution in [1.29, 1.82) is 0 Å². The summed E-state index contributed by atoms with van der Waals surface area (Å²) >= 11 is 0.525. The highest BCUT2D eigenvalue weighted by Gasteiger charge is 2.38. The maximum atomic E-state index is 13.1. The summed E-state index contributed by atoms with van der Waals surface area (Å²) in [5, 5.41) is 0. The van der Waals surface area contributed by atoms with Gasteiger partial charge in [0, 0.05) is 20.0 Å². The van der Waals surface area contributed by atoms with Gasteiger partial charge in [0.1, 0.15) is 5.69 Å². The molecule has 0 aliphatic heterocycles. The summed E-state index contributed by atoms with van der Waals surface area (Å²) in [5.74, 6) is -5.56. The lowest BCUT2D eigenvalue weighted by molar-refractivity contribution is -0.173. The van der Waals surface area contributed by atoms with Gasteiger partial charge in [0.25, 0.3) is 11.5 Å². The molecule has 0 fully saturated rings. The number of nitrogens with one attached hydrogen (secondary N) is 2. The Labute approximate surface area is 188 Å². The molecule has 33 heavy (non-hydrogen) atoms. The third-order valence-electron chi connectivity index (χ3n) is 3.71. The molecule has 0 bridgehead atoms. The fraction of sp³-hybridized carbons (Fsp3) is 0.389. The minimum atomic E-state index is -5.11. The van der Waals surface area contributed by atoms with E-state index < -0.39 is 30.2 Å². The number of carbonyl (C=O) groups is 1. The molecule has 2 aromatic heterocycles. The molecule has 0 unspecified atom stereocenters. The number of aromatic nitrogens is 2. The van der Waals surface area contributed by atoms with Crippen LogP contribution in [0.1, 0.15) is 13.8 Å². The van der Waals surface area contributed by atoms with Crippen LogP contribution in [0.3, 0.4) is 0 Å². The molecule has 0 saturated carbocycles. The molecule has 0 aliphatic rings. The molecule has 2 aromatic rings. The summed E-state index contributed by atoms with van der Waals surface area (Å²) in [6.07, 6.45) is -4.06. The Bertz CT molecular complexity index is 1040. The van der Waals surface area contributed by atoms with E-state index >= 15 is 0 Å². The first kappa shape index (κ1) is 26.2. The number of alkyl halides is 5. The molecule has 2 N–H and O–H groups in total. The van der Waals surface area contributed by atoms with Crippen molar-refractivity contribution in [1.82, 2.24) is 15.0 Å². The quantitative estimate of drug-likeness (QED) is 0.222. The van der Waals surface area contributed by atoms with Crippen molar-refractivity contribution in [3.8, 4) is 22.9 Å². The topological polar surface area (TPSA) is 104 Å². The Morgan fingerprint density at radius 3 is 2.55 bits per heavy atom. The van der Waals surface area contributed by atoms with Crippen LogP contribution in [0.15, 0.2) is 29.2 Å². The number of anilines is 1. The van der Waals surface area contributed by atoms with Crippen molar-refractivity contribution in [3.63, 3.8) is 0 Å². The van der Waals surface area contributed by atoms with Gasteiger partial charge in [0.2, 0.25) is 12.3 Å². The lowest BCUT2D eigenvalue weighted by Gasteiger charge is -2.16. The molecule has 182 valence electrons. The first-order valence-corrected chi connectivity index (χ1v) is 9.80. The van der Waals surface area contributed by atoms with Gasteiger partial charge in [0.05, 0.1) is 24.1 Å². The van der Waals surface area contributed by atoms with Gasteiger partial charge < -0.3 is 8.92 Å². The van der Waals surface area contributed by atoms with Gasteiger partial charge in [-0.15, -0.1) is 0 Å². The Balaban J connectivity index is 2.36. The first-order chi connectivity index (χ1) is 15.3. The standard InChI is InChI=1S/C18H19F5N4O5S/c1-4-31-33-32-12-7-10(25-26-16(29)18(21,22)23)8-24-14(12)11-5-6-13(27(3)15(11)28)30-9-17(2,19)20/h5-8,25H,4,9H2,1-3H3,(H,26,29). The van der Waals surface area contributed by atoms with E-state index in [1.54, 1.807) is 6.92 Å². The second-order valence-corrected chi connectivity index (χ2v) is 7.05. The van der Waals surface area contributed by atoms with Crippen LogP contribution in [-0.4, -0.2) is 40.8 Å². The number of pyridine rings is 2. The lowest BCUT2D eigenvalue weighted by atomic mass is 10.1. The maximum absolute atomic E-state index is 13.1. The molecule has 9 nitrogen and oxygen atoms in total. The summed E-state index contributed by atoms with van der Waals surface area (Å²) in [5.41, 5.74) is 2.69. The number of halogens is 5. The summed E-state index contributed by atoms with van der Waals surface area (Å²) < 4.78 is 79.5. The number of nitrogens with zero attached hydrogens (tertiary/aromatic N) is 2. The fourth-order valence-corrected chi connectivity index (χ4v) is 2.58. The third kappa shape index (κ3) is 7.49. The summed E-state index contributed by atoms with van der Waals surface area (Å²) in [4.78, 5) is 27.8. The van der Waals surface area contributed by atoms with E-state index in [-0.39, 0.29) is 35.2 Å². The normalized spacial score (nSPS) is 11.8. The Morgan fingerprint density at radius 2 is 1.94 bits per heavy atom. The van der Waals surface area contributed by atoms with E-state index in [4.69, 9.17) is 13.1 Å². The molecule has 0 atom stereocenters. The number of amides is 1. The molecule has 0 aromatic carbocycles. The van der Waals surface area contributed by atoms with Crippen LogP contribution in [0.2, 0.25) is 0 Å². The highest BCUT2D eigenvalue weighted by molar-refractivity contribution is 7.90. The van der Waals surface area contributed by atoms with E-state index in [1.165, 1.54) is 30.7 Å². The molecule has 15 heteroatoms. The molecular weight excluding hydrogens is 479 g/mol. The van der Waals surface area contributed by atoms with Gasteiger partial charge >= 0.3 is 12.1 Å². The lowest BCUT2D eigenvalue weighted by Crippen LogP contribution is -2.40. The first-order valence-electron chi connectivity index (χ1n) is 9.14. The minimum Gasteiger partial charge on any atom is -0.472 e. The SMILES string of the molecule is CCOSOc1cc(NNC(=O)C(F)(F)F)cnc1-c1ccc(OCC(C)(F)F)n(C)c1=O. The maximum Gasteiger partial charge on any atom is 0.472 e. The molecule has 2 rings (SSSR count). The Hall–Kier alpha value is -3.07. The van der Waals surface area contributed by atoms with Crippen LogP contribution in [0, 0.1) is 0 Å². The van der Waals surface area contributed by atoms with Crippen molar-refractivity contribution >= 4 is 23.9 Å². The molecule has 0 saturated heterocycles. The highest BCUT2D eigenvalue weighted by atomic mass is 32.2. The Kier molecular flexibility index (Phi) is 8.49. The smallest absolute Gasteiger partial charge is 0.472 e. The average molecular weight is 498 g/mol. The van der Waals surface area contributed by atoms with E-state index in [9.17, 15) is 31.5 Å². The zero-order valence-corrected chi connectivity index (χ0v) is 18.3. The second-order valence-electron chi connectivity index (χ2n) is 6.51. The van der Waals surface area contributed by atoms with E-state index in [0.717, 1.165) is 10.8 Å². The fourth-order valence-electron chi connectivity index (χ4n) is 2.23. The number of hydrogen-bond donors (Lipinski definition) is 2. The van der Waals surface area contributed by atoms with Gasteiger partial charge in [-0.1, -0.05) is 0 Å². The van der Waals surface area contributed by atoms with Gasteiger partial charge in [-0.3, -0.25) is 29.2 Å². The van der Waals surface area contributed by atoms with Crippen LogP contribution in [-0.2, 0) is 16.0 Å².